The molecular formula is C14H23ClN4O. The molecule has 1 rings (SSSR count). The number of carbonyl (C=O) groups is 1. The Morgan fingerprint density at radius 1 is 1.45 bits per heavy atom. The molecule has 0 aromatic carbocycles. The molecule has 1 aromatic heterocycles. The van der Waals surface area contributed by atoms with E-state index in [2.05, 4.69) is 36.1 Å². The molecule has 1 aromatic rings. The number of anilines is 1. The number of hydrogen-bond acceptors (Lipinski definition) is 4. The lowest BCUT2D eigenvalue weighted by molar-refractivity contribution is -0.119. The number of aromatic nitrogens is 2. The Kier molecular flexibility index (Phi) is 6.71. The molecule has 5 nitrogen and oxygen atoms in total. The van der Waals surface area contributed by atoms with Crippen molar-refractivity contribution in [3.63, 3.8) is 0 Å². The van der Waals surface area contributed by atoms with Gasteiger partial charge in [-0.2, -0.15) is 0 Å². The first kappa shape index (κ1) is 16.7. The molecule has 1 amide bonds. The minimum Gasteiger partial charge on any atom is -0.354 e. The Hall–Kier alpha value is -1.36. The molecule has 112 valence electrons. The first-order valence-electron chi connectivity index (χ1n) is 6.93. The van der Waals surface area contributed by atoms with Crippen LogP contribution in [0.25, 0.3) is 0 Å². The Morgan fingerprint density at radius 2 is 2.15 bits per heavy atom. The number of nitrogens with zero attached hydrogens (tertiary/aromatic N) is 3. The zero-order chi connectivity index (χ0) is 15.1. The van der Waals surface area contributed by atoms with Crippen LogP contribution in [0.4, 0.5) is 5.82 Å². The van der Waals surface area contributed by atoms with Crippen LogP contribution in [0.3, 0.4) is 0 Å². The summed E-state index contributed by atoms with van der Waals surface area (Å²) in [5, 5.41) is 3.29. The standard InChI is InChI=1S/C14H23ClN4O/c1-5-6-12-17-11(15)7-13(18-12)19(4)9-14(20)16-8-10(2)3/h7,10H,5-6,8-9H2,1-4H3,(H,16,20). The number of aryl methyl sites for hydroxylation is 1. The number of halogens is 1. The van der Waals surface area contributed by atoms with E-state index in [0.717, 1.165) is 12.8 Å². The van der Waals surface area contributed by atoms with E-state index >= 15 is 0 Å². The van der Waals surface area contributed by atoms with Crippen molar-refractivity contribution >= 4 is 23.3 Å². The van der Waals surface area contributed by atoms with E-state index in [1.807, 2.05) is 7.05 Å². The van der Waals surface area contributed by atoms with Gasteiger partial charge in [-0.05, 0) is 12.3 Å². The maximum absolute atomic E-state index is 11.8. The number of nitrogens with one attached hydrogen (secondary N) is 1. The van der Waals surface area contributed by atoms with Crippen LogP contribution >= 0.6 is 11.6 Å². The summed E-state index contributed by atoms with van der Waals surface area (Å²) >= 11 is 5.99. The molecule has 0 fully saturated rings. The summed E-state index contributed by atoms with van der Waals surface area (Å²) in [5.74, 6) is 1.81. The molecule has 0 radical (unpaired) electrons. The van der Waals surface area contributed by atoms with Crippen LogP contribution in [0.1, 0.15) is 33.0 Å². The molecule has 0 atom stereocenters. The Bertz CT molecular complexity index is 451. The maximum Gasteiger partial charge on any atom is 0.239 e. The van der Waals surface area contributed by atoms with Gasteiger partial charge in [0.05, 0.1) is 6.54 Å². The minimum absolute atomic E-state index is 0.0204. The lowest BCUT2D eigenvalue weighted by atomic mass is 10.2. The minimum atomic E-state index is -0.0204. The summed E-state index contributed by atoms with van der Waals surface area (Å²) in [6.07, 6.45) is 1.74. The van der Waals surface area contributed by atoms with Crippen LogP contribution < -0.4 is 10.2 Å². The molecule has 0 unspecified atom stereocenters. The quantitative estimate of drug-likeness (QED) is 0.785. The largest absolute Gasteiger partial charge is 0.354 e. The SMILES string of the molecule is CCCc1nc(Cl)cc(N(C)CC(=O)NCC(C)C)n1. The van der Waals surface area contributed by atoms with E-state index in [1.165, 1.54) is 0 Å². The molecule has 6 heteroatoms. The Balaban J connectivity index is 2.66. The summed E-state index contributed by atoms with van der Waals surface area (Å²) in [5.41, 5.74) is 0. The number of rotatable bonds is 7. The van der Waals surface area contributed by atoms with Crippen LogP contribution in [0.2, 0.25) is 5.15 Å². The second-order valence-corrected chi connectivity index (χ2v) is 5.66. The average Bonchev–Trinajstić information content (AvgIpc) is 2.36. The molecule has 0 aliphatic heterocycles. The van der Waals surface area contributed by atoms with Crippen LogP contribution in [-0.4, -0.2) is 36.0 Å². The van der Waals surface area contributed by atoms with Crippen molar-refractivity contribution in [2.75, 3.05) is 25.0 Å². The van der Waals surface area contributed by atoms with Crippen LogP contribution in [0.5, 0.6) is 0 Å². The summed E-state index contributed by atoms with van der Waals surface area (Å²) < 4.78 is 0. The van der Waals surface area contributed by atoms with Crippen molar-refractivity contribution in [3.8, 4) is 0 Å². The van der Waals surface area contributed by atoms with E-state index in [9.17, 15) is 4.79 Å². The molecule has 0 saturated carbocycles. The first-order chi connectivity index (χ1) is 9.42. The van der Waals surface area contributed by atoms with Crippen LogP contribution in [0, 0.1) is 5.92 Å². The van der Waals surface area contributed by atoms with Gasteiger partial charge in [0.25, 0.3) is 0 Å². The van der Waals surface area contributed by atoms with Gasteiger partial charge in [0.1, 0.15) is 16.8 Å². The first-order valence-corrected chi connectivity index (χ1v) is 7.31. The van der Waals surface area contributed by atoms with Gasteiger partial charge in [-0.15, -0.1) is 0 Å². The fraction of sp³-hybridized carbons (Fsp3) is 0.643. The molecule has 20 heavy (non-hydrogen) atoms. The second-order valence-electron chi connectivity index (χ2n) is 5.27. The third-order valence-corrected chi connectivity index (χ3v) is 2.87. The zero-order valence-corrected chi connectivity index (χ0v) is 13.4. The van der Waals surface area contributed by atoms with Crippen LogP contribution in [-0.2, 0) is 11.2 Å². The van der Waals surface area contributed by atoms with Crippen molar-refractivity contribution < 1.29 is 4.79 Å². The van der Waals surface area contributed by atoms with Gasteiger partial charge in [0, 0.05) is 26.1 Å². The highest BCUT2D eigenvalue weighted by Gasteiger charge is 2.11. The predicted molar refractivity (Wildman–Crippen MR) is 82.2 cm³/mol. The topological polar surface area (TPSA) is 58.1 Å². The number of amides is 1. The van der Waals surface area contributed by atoms with Gasteiger partial charge < -0.3 is 10.2 Å². The number of likely N-dealkylation sites (N-methyl/N-ethyl adjacent to an activating group) is 1. The predicted octanol–water partition coefficient (Wildman–Crippen LogP) is 2.29. The molecular weight excluding hydrogens is 276 g/mol. The van der Waals surface area contributed by atoms with Gasteiger partial charge >= 0.3 is 0 Å². The van der Waals surface area contributed by atoms with E-state index in [4.69, 9.17) is 11.6 Å². The molecule has 1 heterocycles. The summed E-state index contributed by atoms with van der Waals surface area (Å²) in [6.45, 7) is 7.12. The molecule has 0 aliphatic rings. The van der Waals surface area contributed by atoms with E-state index in [-0.39, 0.29) is 12.5 Å². The van der Waals surface area contributed by atoms with E-state index in [1.54, 1.807) is 11.0 Å². The van der Waals surface area contributed by atoms with Crippen molar-refractivity contribution in [2.24, 2.45) is 5.92 Å². The highest BCUT2D eigenvalue weighted by Crippen LogP contribution is 2.15. The molecule has 0 saturated heterocycles. The van der Waals surface area contributed by atoms with E-state index in [0.29, 0.717) is 29.3 Å². The normalized spacial score (nSPS) is 10.7. The van der Waals surface area contributed by atoms with Crippen molar-refractivity contribution in [2.45, 2.75) is 33.6 Å². The highest BCUT2D eigenvalue weighted by molar-refractivity contribution is 6.29. The maximum atomic E-state index is 11.8. The molecule has 1 N–H and O–H groups in total. The number of hydrogen-bond donors (Lipinski definition) is 1. The lowest BCUT2D eigenvalue weighted by Crippen LogP contribution is -2.37. The highest BCUT2D eigenvalue weighted by atomic mass is 35.5. The second kappa shape index (κ2) is 8.04. The van der Waals surface area contributed by atoms with Crippen molar-refractivity contribution in [3.05, 3.63) is 17.0 Å². The van der Waals surface area contributed by atoms with Gasteiger partial charge in [0.15, 0.2) is 0 Å². The fourth-order valence-corrected chi connectivity index (χ4v) is 1.85. The van der Waals surface area contributed by atoms with Gasteiger partial charge in [0.2, 0.25) is 5.91 Å². The lowest BCUT2D eigenvalue weighted by Gasteiger charge is -2.19. The van der Waals surface area contributed by atoms with Crippen molar-refractivity contribution in [1.82, 2.24) is 15.3 Å². The van der Waals surface area contributed by atoms with Gasteiger partial charge in [-0.1, -0.05) is 32.4 Å². The Labute approximate surface area is 125 Å². The monoisotopic (exact) mass is 298 g/mol. The van der Waals surface area contributed by atoms with E-state index < -0.39 is 0 Å². The molecule has 0 aliphatic carbocycles. The van der Waals surface area contributed by atoms with Crippen LogP contribution in [0.15, 0.2) is 6.07 Å². The third kappa shape index (κ3) is 5.74. The summed E-state index contributed by atoms with van der Waals surface area (Å²) in [4.78, 5) is 22.2. The molecule has 0 bridgehead atoms. The van der Waals surface area contributed by atoms with Gasteiger partial charge in [-0.25, -0.2) is 9.97 Å². The summed E-state index contributed by atoms with van der Waals surface area (Å²) in [6, 6.07) is 1.68. The smallest absolute Gasteiger partial charge is 0.239 e. The Morgan fingerprint density at radius 3 is 2.75 bits per heavy atom. The fourth-order valence-electron chi connectivity index (χ4n) is 1.65. The van der Waals surface area contributed by atoms with Crippen molar-refractivity contribution in [1.29, 1.82) is 0 Å². The average molecular weight is 299 g/mol. The number of carbonyl (C=O) groups excluding carboxylic acids is 1. The summed E-state index contributed by atoms with van der Waals surface area (Å²) in [7, 11) is 1.82. The zero-order valence-electron chi connectivity index (χ0n) is 12.6. The molecule has 0 spiro atoms. The third-order valence-electron chi connectivity index (χ3n) is 2.68. The van der Waals surface area contributed by atoms with Gasteiger partial charge in [-0.3, -0.25) is 4.79 Å².